The summed E-state index contributed by atoms with van der Waals surface area (Å²) in [5.41, 5.74) is 0. The number of hydrogen-bond donors (Lipinski definition) is 2. The second kappa shape index (κ2) is 13.0. The van der Waals surface area contributed by atoms with E-state index in [9.17, 15) is 0 Å². The number of aliphatic hydroxyl groups excluding tert-OH is 2. The van der Waals surface area contributed by atoms with Gasteiger partial charge in [0, 0.05) is 31.3 Å². The molecular weight excluding hydrogens is 200 g/mol. The van der Waals surface area contributed by atoms with Crippen LogP contribution >= 0.6 is 0 Å². The molecule has 0 fully saturated rings. The van der Waals surface area contributed by atoms with E-state index < -0.39 is 12.6 Å². The second-order valence-electron chi connectivity index (χ2n) is 1.67. The fourth-order valence-electron chi connectivity index (χ4n) is 0. The Labute approximate surface area is 78.0 Å². The average molecular weight is 216 g/mol. The van der Waals surface area contributed by atoms with Crippen LogP contribution in [0, 0.1) is 0 Å². The molecule has 5 heteroatoms. The van der Waals surface area contributed by atoms with Crippen LogP contribution in [0.2, 0.25) is 0 Å². The summed E-state index contributed by atoms with van der Waals surface area (Å²) >= 11 is 0. The predicted molar refractivity (Wildman–Crippen MR) is 37.4 cm³/mol. The summed E-state index contributed by atoms with van der Waals surface area (Å²) in [6.07, 6.45) is -1.23. The summed E-state index contributed by atoms with van der Waals surface area (Å²) < 4.78 is 8.61. The number of rotatable bonds is 2. The molecular formula is C6H16CuO4. The van der Waals surface area contributed by atoms with E-state index in [1.54, 1.807) is 13.8 Å². The first-order valence-electron chi connectivity index (χ1n) is 2.96. The molecule has 0 bridgehead atoms. The van der Waals surface area contributed by atoms with Gasteiger partial charge < -0.3 is 19.7 Å². The maximum absolute atomic E-state index is 8.14. The zero-order valence-electron chi connectivity index (χ0n) is 7.17. The van der Waals surface area contributed by atoms with Crippen molar-refractivity contribution in [1.29, 1.82) is 0 Å². The van der Waals surface area contributed by atoms with Crippen LogP contribution < -0.4 is 0 Å². The van der Waals surface area contributed by atoms with Crippen molar-refractivity contribution in [1.82, 2.24) is 0 Å². The van der Waals surface area contributed by atoms with E-state index in [0.29, 0.717) is 0 Å². The molecule has 0 aromatic rings. The molecule has 0 rings (SSSR count). The van der Waals surface area contributed by atoms with Crippen molar-refractivity contribution in [2.45, 2.75) is 26.4 Å². The second-order valence-corrected chi connectivity index (χ2v) is 1.67. The molecule has 0 amide bonds. The third kappa shape index (κ3) is 38.1. The first-order chi connectivity index (χ1) is 4.54. The topological polar surface area (TPSA) is 58.9 Å². The molecule has 0 heterocycles. The van der Waals surface area contributed by atoms with E-state index in [2.05, 4.69) is 9.47 Å². The van der Waals surface area contributed by atoms with Crippen molar-refractivity contribution in [2.24, 2.45) is 0 Å². The zero-order chi connectivity index (χ0) is 8.57. The summed E-state index contributed by atoms with van der Waals surface area (Å²) in [7, 11) is 2.90. The summed E-state index contributed by atoms with van der Waals surface area (Å²) in [5.74, 6) is 0. The van der Waals surface area contributed by atoms with Gasteiger partial charge in [0.25, 0.3) is 0 Å². The molecule has 0 aromatic carbocycles. The van der Waals surface area contributed by atoms with E-state index in [-0.39, 0.29) is 17.1 Å². The van der Waals surface area contributed by atoms with E-state index in [1.807, 2.05) is 0 Å². The smallest absolute Gasteiger partial charge is 0.151 e. The first-order valence-corrected chi connectivity index (χ1v) is 2.96. The van der Waals surface area contributed by atoms with Crippen LogP contribution in [-0.4, -0.2) is 37.0 Å². The van der Waals surface area contributed by atoms with Gasteiger partial charge in [-0.25, -0.2) is 0 Å². The van der Waals surface area contributed by atoms with E-state index in [4.69, 9.17) is 10.2 Å². The van der Waals surface area contributed by atoms with Crippen LogP contribution in [0.1, 0.15) is 13.8 Å². The predicted octanol–water partition coefficient (Wildman–Crippen LogP) is -0.0603. The standard InChI is InChI=1S/2C3H8O2.Cu/c2*1-3(4)5-2;/h2*3-4H,1-2H3;. The van der Waals surface area contributed by atoms with Gasteiger partial charge in [-0.05, 0) is 13.8 Å². The molecule has 0 spiro atoms. The molecule has 0 aliphatic heterocycles. The molecule has 0 saturated carbocycles. The number of aliphatic hydroxyl groups is 2. The van der Waals surface area contributed by atoms with Crippen LogP contribution in [0.3, 0.4) is 0 Å². The summed E-state index contributed by atoms with van der Waals surface area (Å²) in [6, 6.07) is 0. The van der Waals surface area contributed by atoms with Gasteiger partial charge in [-0.3, -0.25) is 0 Å². The maximum Gasteiger partial charge on any atom is 0.151 e. The third-order valence-corrected chi connectivity index (χ3v) is 0.682. The van der Waals surface area contributed by atoms with E-state index in [1.165, 1.54) is 14.2 Å². The van der Waals surface area contributed by atoms with Gasteiger partial charge in [-0.15, -0.1) is 0 Å². The van der Waals surface area contributed by atoms with Gasteiger partial charge in [0.1, 0.15) is 0 Å². The quantitative estimate of drug-likeness (QED) is 0.501. The number of ether oxygens (including phenoxy) is 2. The minimum atomic E-state index is -0.616. The Morgan fingerprint density at radius 3 is 1.00 bits per heavy atom. The summed E-state index contributed by atoms with van der Waals surface area (Å²) in [5, 5.41) is 16.3. The molecule has 0 aliphatic carbocycles. The fraction of sp³-hybridized carbons (Fsp3) is 1.00. The van der Waals surface area contributed by atoms with Crippen molar-refractivity contribution in [3.05, 3.63) is 0 Å². The van der Waals surface area contributed by atoms with Crippen LogP contribution in [0.4, 0.5) is 0 Å². The molecule has 4 nitrogen and oxygen atoms in total. The first kappa shape index (κ1) is 17.4. The Bertz CT molecular complexity index is 50.5. The van der Waals surface area contributed by atoms with Crippen LogP contribution in [-0.2, 0) is 26.5 Å². The normalized spacial score (nSPS) is 13.6. The van der Waals surface area contributed by atoms with Crippen molar-refractivity contribution >= 4 is 0 Å². The Hall–Kier alpha value is 0.359. The van der Waals surface area contributed by atoms with Crippen molar-refractivity contribution < 1.29 is 36.8 Å². The van der Waals surface area contributed by atoms with Gasteiger partial charge in [0.15, 0.2) is 12.6 Å². The molecule has 0 aromatic heterocycles. The van der Waals surface area contributed by atoms with Gasteiger partial charge >= 0.3 is 0 Å². The molecule has 2 N–H and O–H groups in total. The molecule has 1 radical (unpaired) electrons. The number of hydrogen-bond acceptors (Lipinski definition) is 4. The Balaban J connectivity index is -0.000000107. The van der Waals surface area contributed by atoms with Crippen molar-refractivity contribution in [3.63, 3.8) is 0 Å². The minimum Gasteiger partial charge on any atom is -0.368 e. The molecule has 0 saturated heterocycles. The SMILES string of the molecule is COC(C)O.COC(C)O.[Cu]. The molecule has 0 aliphatic rings. The third-order valence-electron chi connectivity index (χ3n) is 0.682. The minimum absolute atomic E-state index is 0. The molecule has 2 atom stereocenters. The van der Waals surface area contributed by atoms with Crippen molar-refractivity contribution in [3.8, 4) is 0 Å². The van der Waals surface area contributed by atoms with Gasteiger partial charge in [0.2, 0.25) is 0 Å². The van der Waals surface area contributed by atoms with Gasteiger partial charge in [0.05, 0.1) is 0 Å². The monoisotopic (exact) mass is 215 g/mol. The van der Waals surface area contributed by atoms with Gasteiger partial charge in [-0.1, -0.05) is 0 Å². The van der Waals surface area contributed by atoms with E-state index in [0.717, 1.165) is 0 Å². The Kier molecular flexibility index (Phi) is 20.6. The Morgan fingerprint density at radius 2 is 1.00 bits per heavy atom. The molecule has 2 unspecified atom stereocenters. The molecule has 75 valence electrons. The zero-order valence-corrected chi connectivity index (χ0v) is 8.11. The van der Waals surface area contributed by atoms with Gasteiger partial charge in [-0.2, -0.15) is 0 Å². The van der Waals surface area contributed by atoms with Crippen LogP contribution in [0.15, 0.2) is 0 Å². The maximum atomic E-state index is 8.14. The van der Waals surface area contributed by atoms with Crippen LogP contribution in [0.5, 0.6) is 0 Å². The van der Waals surface area contributed by atoms with Crippen LogP contribution in [0.25, 0.3) is 0 Å². The number of methoxy groups -OCH3 is 2. The summed E-state index contributed by atoms with van der Waals surface area (Å²) in [4.78, 5) is 0. The van der Waals surface area contributed by atoms with Crippen molar-refractivity contribution in [2.75, 3.05) is 14.2 Å². The fourth-order valence-corrected chi connectivity index (χ4v) is 0. The largest absolute Gasteiger partial charge is 0.368 e. The molecule has 11 heavy (non-hydrogen) atoms. The summed E-state index contributed by atoms with van der Waals surface area (Å²) in [6.45, 7) is 3.11. The van der Waals surface area contributed by atoms with E-state index >= 15 is 0 Å². The Morgan fingerprint density at radius 1 is 0.909 bits per heavy atom. The average Bonchev–Trinajstić information content (AvgIpc) is 1.89.